The van der Waals surface area contributed by atoms with Gasteiger partial charge in [0.2, 0.25) is 0 Å². The van der Waals surface area contributed by atoms with Gasteiger partial charge in [-0.1, -0.05) is 120 Å². The van der Waals surface area contributed by atoms with Crippen LogP contribution < -0.4 is 0 Å². The minimum absolute atomic E-state index is 0.105. The number of aliphatic carboxylic acids is 1. The van der Waals surface area contributed by atoms with E-state index >= 15 is 0 Å². The summed E-state index contributed by atoms with van der Waals surface area (Å²) in [6, 6.07) is 0. The molecule has 0 amide bonds. The predicted molar refractivity (Wildman–Crippen MR) is 176 cm³/mol. The molecular weight excluding hydrogens is 508 g/mol. The number of carbonyl (C=O) groups is 2. The molecule has 4 heteroatoms. The summed E-state index contributed by atoms with van der Waals surface area (Å²) < 4.78 is 5.83. The van der Waals surface area contributed by atoms with Crippen molar-refractivity contribution < 1.29 is 19.4 Å². The van der Waals surface area contributed by atoms with Crippen molar-refractivity contribution in [1.29, 1.82) is 0 Å². The number of esters is 1. The standard InChI is InChI=1S/C37H62O4/c1-3-5-7-9-11-13-14-15-16-17-18-20-22-24-30-34-37(40)41-35(32-28-25-26-29-33-36(38)39)31-27-23-21-19-12-10-8-6-4-2/h5,7,11,13,15-16,18,20,27,31,35H,3-4,6,8-10,12,14,17,19,21-26,28-30,32-34H2,1-2H3,(H,38,39)/b7-5-,13-11-,16-15-,20-18-,31-27-. The van der Waals surface area contributed by atoms with Gasteiger partial charge < -0.3 is 9.84 Å². The maximum atomic E-state index is 12.5. The van der Waals surface area contributed by atoms with E-state index in [-0.39, 0.29) is 18.5 Å². The highest BCUT2D eigenvalue weighted by molar-refractivity contribution is 5.69. The van der Waals surface area contributed by atoms with E-state index in [9.17, 15) is 9.59 Å². The van der Waals surface area contributed by atoms with Gasteiger partial charge in [0.15, 0.2) is 0 Å². The molecule has 1 N–H and O–H groups in total. The Morgan fingerprint density at radius 3 is 1.76 bits per heavy atom. The Labute approximate surface area is 253 Å². The fourth-order valence-corrected chi connectivity index (χ4v) is 4.49. The van der Waals surface area contributed by atoms with Crippen molar-refractivity contribution >= 4 is 11.9 Å². The second-order valence-electron chi connectivity index (χ2n) is 11.0. The molecule has 0 rings (SSSR count). The van der Waals surface area contributed by atoms with Crippen molar-refractivity contribution in [3.8, 4) is 0 Å². The van der Waals surface area contributed by atoms with Gasteiger partial charge in [0.1, 0.15) is 6.10 Å². The maximum Gasteiger partial charge on any atom is 0.306 e. The van der Waals surface area contributed by atoms with Crippen molar-refractivity contribution in [3.05, 3.63) is 60.8 Å². The molecule has 0 fully saturated rings. The number of hydrogen-bond donors (Lipinski definition) is 1. The minimum Gasteiger partial charge on any atom is -0.481 e. The summed E-state index contributed by atoms with van der Waals surface area (Å²) in [7, 11) is 0. The van der Waals surface area contributed by atoms with Crippen LogP contribution in [0.25, 0.3) is 0 Å². The number of carbonyl (C=O) groups excluding carboxylic acids is 1. The zero-order valence-electron chi connectivity index (χ0n) is 26.6. The van der Waals surface area contributed by atoms with Crippen LogP contribution in [0.2, 0.25) is 0 Å². The molecule has 0 saturated carbocycles. The lowest BCUT2D eigenvalue weighted by Gasteiger charge is -2.14. The Morgan fingerprint density at radius 1 is 0.585 bits per heavy atom. The minimum atomic E-state index is -0.730. The Bertz CT molecular complexity index is 744. The second kappa shape index (κ2) is 32.2. The summed E-state index contributed by atoms with van der Waals surface area (Å²) >= 11 is 0. The molecule has 0 aromatic carbocycles. The molecule has 0 aromatic heterocycles. The fraction of sp³-hybridized carbons (Fsp3) is 0.676. The number of unbranched alkanes of at least 4 members (excludes halogenated alkanes) is 12. The number of allylic oxidation sites excluding steroid dienone is 9. The maximum absolute atomic E-state index is 12.5. The van der Waals surface area contributed by atoms with E-state index < -0.39 is 5.97 Å². The highest BCUT2D eigenvalue weighted by Crippen LogP contribution is 2.14. The van der Waals surface area contributed by atoms with Gasteiger partial charge in [0.25, 0.3) is 0 Å². The molecule has 0 aliphatic rings. The first-order chi connectivity index (χ1) is 20.1. The zero-order chi connectivity index (χ0) is 30.1. The lowest BCUT2D eigenvalue weighted by molar-refractivity contribution is -0.147. The summed E-state index contributed by atoms with van der Waals surface area (Å²) in [5.74, 6) is -0.835. The summed E-state index contributed by atoms with van der Waals surface area (Å²) in [6.45, 7) is 4.40. The van der Waals surface area contributed by atoms with Gasteiger partial charge in [-0.3, -0.25) is 9.59 Å². The summed E-state index contributed by atoms with van der Waals surface area (Å²) in [4.78, 5) is 23.2. The molecule has 0 heterocycles. The van der Waals surface area contributed by atoms with Gasteiger partial charge in [-0.05, 0) is 83.1 Å². The van der Waals surface area contributed by atoms with Crippen LogP contribution in [0.1, 0.15) is 155 Å². The molecule has 0 spiro atoms. The van der Waals surface area contributed by atoms with Crippen LogP contribution >= 0.6 is 0 Å². The molecule has 0 aliphatic heterocycles. The largest absolute Gasteiger partial charge is 0.481 e. The normalized spacial score (nSPS) is 13.0. The molecule has 1 unspecified atom stereocenters. The smallest absolute Gasteiger partial charge is 0.306 e. The molecule has 0 radical (unpaired) electrons. The van der Waals surface area contributed by atoms with Gasteiger partial charge >= 0.3 is 11.9 Å². The van der Waals surface area contributed by atoms with Gasteiger partial charge in [-0.2, -0.15) is 0 Å². The number of hydrogen-bond acceptors (Lipinski definition) is 3. The quantitative estimate of drug-likeness (QED) is 0.0552. The van der Waals surface area contributed by atoms with E-state index in [2.05, 4.69) is 74.6 Å². The molecule has 0 aliphatic carbocycles. The van der Waals surface area contributed by atoms with E-state index in [1.54, 1.807) is 0 Å². The molecule has 0 bridgehead atoms. The Hall–Kier alpha value is -2.36. The van der Waals surface area contributed by atoms with E-state index in [1.807, 2.05) is 0 Å². The lowest BCUT2D eigenvalue weighted by Crippen LogP contribution is -2.16. The van der Waals surface area contributed by atoms with Crippen LogP contribution in [-0.4, -0.2) is 23.1 Å². The van der Waals surface area contributed by atoms with E-state index in [4.69, 9.17) is 9.84 Å². The molecule has 0 aromatic rings. The first kappa shape index (κ1) is 38.6. The monoisotopic (exact) mass is 570 g/mol. The predicted octanol–water partition coefficient (Wildman–Crippen LogP) is 11.4. The van der Waals surface area contributed by atoms with Crippen molar-refractivity contribution in [2.24, 2.45) is 0 Å². The van der Waals surface area contributed by atoms with E-state index in [0.29, 0.717) is 12.8 Å². The number of ether oxygens (including phenoxy) is 1. The van der Waals surface area contributed by atoms with Gasteiger partial charge in [-0.15, -0.1) is 0 Å². The summed E-state index contributed by atoms with van der Waals surface area (Å²) in [5.41, 5.74) is 0. The van der Waals surface area contributed by atoms with Crippen LogP contribution in [0, 0.1) is 0 Å². The van der Waals surface area contributed by atoms with E-state index in [1.165, 1.54) is 44.9 Å². The van der Waals surface area contributed by atoms with Crippen molar-refractivity contribution in [2.75, 3.05) is 0 Å². The average Bonchev–Trinajstić information content (AvgIpc) is 2.95. The summed E-state index contributed by atoms with van der Waals surface area (Å²) in [5, 5.41) is 8.80. The van der Waals surface area contributed by atoms with Crippen molar-refractivity contribution in [2.45, 2.75) is 161 Å². The van der Waals surface area contributed by atoms with Crippen LogP contribution in [0.4, 0.5) is 0 Å². The Morgan fingerprint density at radius 2 is 1.10 bits per heavy atom. The van der Waals surface area contributed by atoms with Gasteiger partial charge in [0, 0.05) is 12.8 Å². The van der Waals surface area contributed by atoms with Crippen LogP contribution in [0.15, 0.2) is 60.8 Å². The van der Waals surface area contributed by atoms with Crippen LogP contribution in [-0.2, 0) is 14.3 Å². The average molecular weight is 571 g/mol. The molecule has 0 saturated heterocycles. The second-order valence-corrected chi connectivity index (χ2v) is 11.0. The van der Waals surface area contributed by atoms with Crippen LogP contribution in [0.3, 0.4) is 0 Å². The van der Waals surface area contributed by atoms with Gasteiger partial charge in [0.05, 0.1) is 0 Å². The number of carboxylic acid groups (broad SMARTS) is 1. The van der Waals surface area contributed by atoms with Gasteiger partial charge in [-0.25, -0.2) is 0 Å². The first-order valence-corrected chi connectivity index (χ1v) is 16.8. The Kier molecular flexibility index (Phi) is 30.3. The lowest BCUT2D eigenvalue weighted by atomic mass is 10.1. The first-order valence-electron chi connectivity index (χ1n) is 16.8. The SMILES string of the molecule is CC/C=C\C/C=C\C/C=C\C/C=C\CCCCC(=O)OC(/C=C\CCCCCCCCC)CCCCCCC(=O)O. The third-order valence-corrected chi connectivity index (χ3v) is 6.96. The number of carboxylic acids is 1. The molecule has 41 heavy (non-hydrogen) atoms. The highest BCUT2D eigenvalue weighted by atomic mass is 16.5. The molecule has 4 nitrogen and oxygen atoms in total. The Balaban J connectivity index is 4.19. The van der Waals surface area contributed by atoms with Crippen molar-refractivity contribution in [3.63, 3.8) is 0 Å². The summed E-state index contributed by atoms with van der Waals surface area (Å²) in [6.07, 6.45) is 43.8. The third-order valence-electron chi connectivity index (χ3n) is 6.96. The van der Waals surface area contributed by atoms with E-state index in [0.717, 1.165) is 77.0 Å². The fourth-order valence-electron chi connectivity index (χ4n) is 4.49. The molecule has 1 atom stereocenters. The third kappa shape index (κ3) is 32.0. The van der Waals surface area contributed by atoms with Crippen LogP contribution in [0.5, 0.6) is 0 Å². The highest BCUT2D eigenvalue weighted by Gasteiger charge is 2.11. The van der Waals surface area contributed by atoms with Crippen molar-refractivity contribution in [1.82, 2.24) is 0 Å². The molecular formula is C37H62O4. The topological polar surface area (TPSA) is 63.6 Å². The molecule has 234 valence electrons. The number of rotatable bonds is 29. The zero-order valence-corrected chi connectivity index (χ0v) is 26.6.